The number of para-hydroxylation sites is 1. The maximum atomic E-state index is 13.4. The van der Waals surface area contributed by atoms with Crippen LogP contribution >= 0.6 is 11.8 Å². The van der Waals surface area contributed by atoms with Gasteiger partial charge in [-0.15, -0.1) is 11.8 Å². The van der Waals surface area contributed by atoms with Crippen LogP contribution in [0.25, 0.3) is 22.3 Å². The number of nitrogens with one attached hydrogen (secondary N) is 1. The summed E-state index contributed by atoms with van der Waals surface area (Å²) in [6.45, 7) is 1.26. The molecule has 3 N–H and O–H groups in total. The summed E-state index contributed by atoms with van der Waals surface area (Å²) in [4.78, 5) is 76.2. The number of rotatable bonds is 13. The number of aromatic nitrogens is 4. The number of carbonyl (C=O) groups is 5. The van der Waals surface area contributed by atoms with Gasteiger partial charge >= 0.3 is 0 Å². The van der Waals surface area contributed by atoms with Gasteiger partial charge in [0.25, 0.3) is 11.8 Å². The van der Waals surface area contributed by atoms with Crippen molar-refractivity contribution < 1.29 is 28.7 Å². The van der Waals surface area contributed by atoms with E-state index in [0.717, 1.165) is 60.5 Å². The molecule has 1 unspecified atom stereocenters. The second-order valence-corrected chi connectivity index (χ2v) is 15.6. The number of nitrogens with two attached hydrogens (primary N) is 1. The molecule has 0 spiro atoms. The van der Waals surface area contributed by atoms with E-state index in [-0.39, 0.29) is 30.4 Å². The van der Waals surface area contributed by atoms with E-state index in [2.05, 4.69) is 15.3 Å². The van der Waals surface area contributed by atoms with Crippen molar-refractivity contribution in [1.29, 1.82) is 0 Å². The Bertz CT molecular complexity index is 2340. The molecule has 0 bridgehead atoms. The summed E-state index contributed by atoms with van der Waals surface area (Å²) in [6, 6.07) is 21.6. The lowest BCUT2D eigenvalue weighted by atomic mass is 10.0. The fourth-order valence-corrected chi connectivity index (χ4v) is 8.88. The van der Waals surface area contributed by atoms with Gasteiger partial charge in [0.2, 0.25) is 17.7 Å². The molecule has 3 aliphatic rings. The van der Waals surface area contributed by atoms with Gasteiger partial charge in [-0.05, 0) is 86.4 Å². The summed E-state index contributed by atoms with van der Waals surface area (Å²) >= 11 is 1.51. The number of likely N-dealkylation sites (tertiary alicyclic amines) is 1. The molecule has 5 amide bonds. The number of hydrogen-bond donors (Lipinski definition) is 2. The fourth-order valence-electron chi connectivity index (χ4n) is 7.79. The summed E-state index contributed by atoms with van der Waals surface area (Å²) in [6.07, 6.45) is 7.14. The van der Waals surface area contributed by atoms with Gasteiger partial charge in [-0.3, -0.25) is 34.2 Å². The highest BCUT2D eigenvalue weighted by Crippen LogP contribution is 2.37. The first-order chi connectivity index (χ1) is 27.8. The number of fused-ring (bicyclic) bond motifs is 2. The zero-order valence-electron chi connectivity index (χ0n) is 31.3. The molecule has 2 aromatic heterocycles. The number of nitrogens with zero attached hydrogens (tertiary/aromatic N) is 6. The second-order valence-electron chi connectivity index (χ2n) is 14.4. The standard InChI is InChI=1S/C42H42N8O6S/c43-38-36-37(26-14-16-29(17-15-26)56-28-9-4-3-5-10-28)47-50(39(36)45-25-44-38)27-20-22-48(23-21-27)34(52)13-6-1-2-7-24-57-32-12-8-11-30-35(32)42(55)49(41(30)54)31-18-19-33(51)46-40(31)53/h3-5,8-12,14-17,25,27,31H,1-2,6-7,13,18-24H2,(H2,43,44,45)(H,46,51,53). The number of amides is 5. The molecule has 2 fully saturated rings. The number of benzene rings is 3. The van der Waals surface area contributed by atoms with Crippen molar-refractivity contribution in [1.82, 2.24) is 34.9 Å². The minimum Gasteiger partial charge on any atom is -0.457 e. The lowest BCUT2D eigenvalue weighted by Crippen LogP contribution is -2.54. The van der Waals surface area contributed by atoms with Crippen LogP contribution in [0.5, 0.6) is 11.5 Å². The molecule has 3 aliphatic heterocycles. The number of carbonyl (C=O) groups excluding carboxylic acids is 5. The minimum atomic E-state index is -0.987. The Kier molecular flexibility index (Phi) is 11.0. The van der Waals surface area contributed by atoms with Crippen molar-refractivity contribution in [3.63, 3.8) is 0 Å². The van der Waals surface area contributed by atoms with E-state index in [1.54, 1.807) is 12.1 Å². The van der Waals surface area contributed by atoms with Crippen molar-refractivity contribution in [3.8, 4) is 22.8 Å². The normalized spacial score (nSPS) is 17.3. The average Bonchev–Trinajstić information content (AvgIpc) is 3.74. The highest BCUT2D eigenvalue weighted by atomic mass is 32.2. The molecule has 1 atom stereocenters. The molecular formula is C42H42N8O6S. The third kappa shape index (κ3) is 7.84. The number of ether oxygens (including phenoxy) is 1. The molecule has 5 heterocycles. The quantitative estimate of drug-likeness (QED) is 0.0791. The first-order valence-electron chi connectivity index (χ1n) is 19.3. The summed E-state index contributed by atoms with van der Waals surface area (Å²) in [5.74, 6) is 0.710. The van der Waals surface area contributed by atoms with Crippen molar-refractivity contribution in [2.24, 2.45) is 0 Å². The molecular weight excluding hydrogens is 745 g/mol. The predicted molar refractivity (Wildman–Crippen MR) is 213 cm³/mol. The monoisotopic (exact) mass is 786 g/mol. The van der Waals surface area contributed by atoms with Crippen molar-refractivity contribution >= 4 is 58.1 Å². The zero-order valence-corrected chi connectivity index (χ0v) is 32.1. The van der Waals surface area contributed by atoms with Gasteiger partial charge in [-0.2, -0.15) is 5.10 Å². The molecule has 292 valence electrons. The minimum absolute atomic E-state index is 0.0533. The molecule has 15 heteroatoms. The molecule has 0 radical (unpaired) electrons. The predicted octanol–water partition coefficient (Wildman–Crippen LogP) is 6.18. The Balaban J connectivity index is 0.797. The van der Waals surface area contributed by atoms with Gasteiger partial charge in [0.15, 0.2) is 5.65 Å². The summed E-state index contributed by atoms with van der Waals surface area (Å²) in [7, 11) is 0. The number of imide groups is 2. The van der Waals surface area contributed by atoms with Crippen LogP contribution < -0.4 is 15.8 Å². The molecule has 2 saturated heterocycles. The topological polar surface area (TPSA) is 183 Å². The third-order valence-electron chi connectivity index (χ3n) is 10.8. The Morgan fingerprint density at radius 2 is 1.60 bits per heavy atom. The summed E-state index contributed by atoms with van der Waals surface area (Å²) in [5.41, 5.74) is 9.25. The average molecular weight is 787 g/mol. The fraction of sp³-hybridized carbons (Fsp3) is 0.333. The summed E-state index contributed by atoms with van der Waals surface area (Å²) in [5, 5.41) is 7.95. The Hall–Kier alpha value is -6.09. The maximum Gasteiger partial charge on any atom is 0.263 e. The van der Waals surface area contributed by atoms with E-state index >= 15 is 0 Å². The van der Waals surface area contributed by atoms with E-state index in [1.807, 2.05) is 70.2 Å². The van der Waals surface area contributed by atoms with Crippen LogP contribution in [0.2, 0.25) is 0 Å². The van der Waals surface area contributed by atoms with E-state index in [0.29, 0.717) is 58.3 Å². The molecule has 0 saturated carbocycles. The number of piperidine rings is 2. The number of anilines is 1. The van der Waals surface area contributed by atoms with Gasteiger partial charge in [0, 0.05) is 36.4 Å². The van der Waals surface area contributed by atoms with Crippen molar-refractivity contribution in [3.05, 3.63) is 90.3 Å². The molecule has 8 rings (SSSR count). The molecule has 0 aliphatic carbocycles. The Morgan fingerprint density at radius 1 is 0.842 bits per heavy atom. The number of thioether (sulfide) groups is 1. The lowest BCUT2D eigenvalue weighted by Gasteiger charge is -2.32. The van der Waals surface area contributed by atoms with Crippen LogP contribution in [-0.4, -0.2) is 84.0 Å². The van der Waals surface area contributed by atoms with Crippen LogP contribution in [0.4, 0.5) is 5.82 Å². The van der Waals surface area contributed by atoms with Gasteiger partial charge in [0.05, 0.1) is 22.6 Å². The molecule has 14 nitrogen and oxygen atoms in total. The number of hydrogen-bond acceptors (Lipinski definition) is 11. The van der Waals surface area contributed by atoms with Crippen LogP contribution in [0.1, 0.15) is 84.5 Å². The zero-order chi connectivity index (χ0) is 39.5. The Labute approximate surface area is 333 Å². The largest absolute Gasteiger partial charge is 0.457 e. The first-order valence-corrected chi connectivity index (χ1v) is 20.3. The van der Waals surface area contributed by atoms with Gasteiger partial charge in [-0.1, -0.05) is 37.1 Å². The SMILES string of the molecule is Nc1ncnc2c1c(-c1ccc(Oc3ccccc3)cc1)nn2C1CCN(C(=O)CCCCCCSc2cccc3c2C(=O)N(C2CCC(=O)NC2=O)C3=O)CC1. The highest BCUT2D eigenvalue weighted by Gasteiger charge is 2.45. The molecule has 3 aromatic carbocycles. The first kappa shape index (κ1) is 37.8. The Morgan fingerprint density at radius 3 is 2.37 bits per heavy atom. The van der Waals surface area contributed by atoms with Gasteiger partial charge < -0.3 is 15.4 Å². The van der Waals surface area contributed by atoms with E-state index in [9.17, 15) is 24.0 Å². The van der Waals surface area contributed by atoms with Crippen LogP contribution in [-0.2, 0) is 14.4 Å². The third-order valence-corrected chi connectivity index (χ3v) is 11.9. The van der Waals surface area contributed by atoms with Gasteiger partial charge in [0.1, 0.15) is 35.4 Å². The number of unbranched alkanes of at least 4 members (excludes halogenated alkanes) is 3. The molecule has 5 aromatic rings. The second kappa shape index (κ2) is 16.6. The lowest BCUT2D eigenvalue weighted by molar-refractivity contribution is -0.136. The van der Waals surface area contributed by atoms with Crippen molar-refractivity contribution in [2.75, 3.05) is 24.6 Å². The van der Waals surface area contributed by atoms with E-state index < -0.39 is 29.7 Å². The number of nitrogen functional groups attached to an aromatic ring is 1. The van der Waals surface area contributed by atoms with Crippen molar-refractivity contribution in [2.45, 2.75) is 74.8 Å². The van der Waals surface area contributed by atoms with Crippen LogP contribution in [0.15, 0.2) is 84.0 Å². The highest BCUT2D eigenvalue weighted by molar-refractivity contribution is 7.99. The van der Waals surface area contributed by atoms with E-state index in [4.69, 9.17) is 15.6 Å². The summed E-state index contributed by atoms with van der Waals surface area (Å²) < 4.78 is 7.92. The molecule has 57 heavy (non-hydrogen) atoms. The van der Waals surface area contributed by atoms with E-state index in [1.165, 1.54) is 18.1 Å². The van der Waals surface area contributed by atoms with Gasteiger partial charge in [-0.25, -0.2) is 14.6 Å². The van der Waals surface area contributed by atoms with Crippen LogP contribution in [0, 0.1) is 0 Å². The van der Waals surface area contributed by atoms with Crippen LogP contribution in [0.3, 0.4) is 0 Å². The smallest absolute Gasteiger partial charge is 0.263 e. The maximum absolute atomic E-state index is 13.4.